The number of methoxy groups -OCH3 is 2. The van der Waals surface area contributed by atoms with Gasteiger partial charge in [-0.05, 0) is 54.5 Å². The van der Waals surface area contributed by atoms with Crippen molar-refractivity contribution in [2.24, 2.45) is 0 Å². The number of carbonyl (C=O) groups excluding carboxylic acids is 1. The summed E-state index contributed by atoms with van der Waals surface area (Å²) in [6.07, 6.45) is 3.13. The van der Waals surface area contributed by atoms with Gasteiger partial charge in [0.05, 0.1) is 14.2 Å². The van der Waals surface area contributed by atoms with Crippen LogP contribution in [0.25, 0.3) is 6.08 Å². The highest BCUT2D eigenvalue weighted by molar-refractivity contribution is 6.02. The van der Waals surface area contributed by atoms with Crippen molar-refractivity contribution < 1.29 is 19.4 Å². The summed E-state index contributed by atoms with van der Waals surface area (Å²) in [5.74, 6) is 1.15. The van der Waals surface area contributed by atoms with Crippen LogP contribution in [0.1, 0.15) is 11.1 Å². The zero-order valence-electron chi connectivity index (χ0n) is 13.3. The lowest BCUT2D eigenvalue weighted by Gasteiger charge is -2.08. The first kappa shape index (κ1) is 16.4. The summed E-state index contributed by atoms with van der Waals surface area (Å²) in [7, 11) is 3.13. The van der Waals surface area contributed by atoms with Gasteiger partial charge in [0.15, 0.2) is 11.5 Å². The molecule has 0 aliphatic heterocycles. The molecule has 120 valence electrons. The van der Waals surface area contributed by atoms with Crippen molar-refractivity contribution in [2.75, 3.05) is 19.5 Å². The van der Waals surface area contributed by atoms with Crippen LogP contribution >= 0.6 is 0 Å². The van der Waals surface area contributed by atoms with E-state index in [-0.39, 0.29) is 11.7 Å². The predicted octanol–water partition coefficient (Wildman–Crippen LogP) is 3.37. The molecule has 23 heavy (non-hydrogen) atoms. The van der Waals surface area contributed by atoms with Crippen LogP contribution in [0, 0.1) is 6.92 Å². The second kappa shape index (κ2) is 7.35. The van der Waals surface area contributed by atoms with E-state index in [1.54, 1.807) is 44.6 Å². The van der Waals surface area contributed by atoms with Crippen LogP contribution in [0.15, 0.2) is 42.5 Å². The topological polar surface area (TPSA) is 67.8 Å². The second-order valence-corrected chi connectivity index (χ2v) is 4.94. The average Bonchev–Trinajstić information content (AvgIpc) is 2.55. The third-order valence-corrected chi connectivity index (χ3v) is 3.30. The third kappa shape index (κ3) is 4.26. The maximum absolute atomic E-state index is 12.0. The van der Waals surface area contributed by atoms with Gasteiger partial charge in [-0.15, -0.1) is 0 Å². The molecule has 0 fully saturated rings. The normalized spacial score (nSPS) is 10.6. The Morgan fingerprint density at radius 2 is 1.83 bits per heavy atom. The summed E-state index contributed by atoms with van der Waals surface area (Å²) in [5, 5.41) is 12.1. The van der Waals surface area contributed by atoms with E-state index in [9.17, 15) is 9.90 Å². The number of hydrogen-bond acceptors (Lipinski definition) is 4. The van der Waals surface area contributed by atoms with Crippen molar-refractivity contribution in [3.8, 4) is 17.2 Å². The number of nitrogens with one attached hydrogen (secondary N) is 1. The van der Waals surface area contributed by atoms with Crippen molar-refractivity contribution in [1.82, 2.24) is 0 Å². The number of amides is 1. The monoisotopic (exact) mass is 313 g/mol. The second-order valence-electron chi connectivity index (χ2n) is 4.94. The van der Waals surface area contributed by atoms with Crippen molar-refractivity contribution in [1.29, 1.82) is 0 Å². The third-order valence-electron chi connectivity index (χ3n) is 3.30. The van der Waals surface area contributed by atoms with Gasteiger partial charge in [0.25, 0.3) is 0 Å². The van der Waals surface area contributed by atoms with Crippen molar-refractivity contribution in [2.45, 2.75) is 6.92 Å². The standard InChI is InChI=1S/C18H19NO4/c1-12-10-14(20)6-7-15(12)19-18(21)9-5-13-4-8-16(22-2)17(11-13)23-3/h4-11,20H,1-3H3,(H,19,21)/b9-5+. The molecule has 0 spiro atoms. The van der Waals surface area contributed by atoms with E-state index < -0.39 is 0 Å². The van der Waals surface area contributed by atoms with E-state index in [0.717, 1.165) is 11.1 Å². The Labute approximate surface area is 135 Å². The van der Waals surface area contributed by atoms with Crippen molar-refractivity contribution >= 4 is 17.7 Å². The quantitative estimate of drug-likeness (QED) is 0.656. The molecule has 0 atom stereocenters. The Balaban J connectivity index is 2.09. The smallest absolute Gasteiger partial charge is 0.248 e. The molecular weight excluding hydrogens is 294 g/mol. The van der Waals surface area contributed by atoms with Gasteiger partial charge in [-0.25, -0.2) is 0 Å². The fourth-order valence-electron chi connectivity index (χ4n) is 2.09. The number of phenols is 1. The Morgan fingerprint density at radius 3 is 2.48 bits per heavy atom. The number of carbonyl (C=O) groups is 1. The van der Waals surface area contributed by atoms with Gasteiger partial charge in [-0.3, -0.25) is 4.79 Å². The number of anilines is 1. The van der Waals surface area contributed by atoms with E-state index in [1.165, 1.54) is 12.1 Å². The number of rotatable bonds is 5. The lowest BCUT2D eigenvalue weighted by Crippen LogP contribution is -2.08. The number of hydrogen-bond donors (Lipinski definition) is 2. The van der Waals surface area contributed by atoms with Gasteiger partial charge in [0, 0.05) is 11.8 Å². The van der Waals surface area contributed by atoms with Crippen molar-refractivity contribution in [3.63, 3.8) is 0 Å². The maximum atomic E-state index is 12.0. The number of benzene rings is 2. The van der Waals surface area contributed by atoms with E-state index in [1.807, 2.05) is 13.0 Å². The lowest BCUT2D eigenvalue weighted by molar-refractivity contribution is -0.111. The Hall–Kier alpha value is -2.95. The highest BCUT2D eigenvalue weighted by atomic mass is 16.5. The summed E-state index contributed by atoms with van der Waals surface area (Å²) < 4.78 is 10.4. The lowest BCUT2D eigenvalue weighted by atomic mass is 10.1. The van der Waals surface area contributed by atoms with Crippen LogP contribution in [0.4, 0.5) is 5.69 Å². The molecule has 0 unspecified atom stereocenters. The first-order valence-corrected chi connectivity index (χ1v) is 7.04. The maximum Gasteiger partial charge on any atom is 0.248 e. The highest BCUT2D eigenvalue weighted by Gasteiger charge is 2.04. The zero-order chi connectivity index (χ0) is 16.8. The Morgan fingerprint density at radius 1 is 1.09 bits per heavy atom. The molecule has 5 nitrogen and oxygen atoms in total. The van der Waals surface area contributed by atoms with E-state index in [0.29, 0.717) is 17.2 Å². The van der Waals surface area contributed by atoms with E-state index >= 15 is 0 Å². The minimum absolute atomic E-state index is 0.168. The first-order chi connectivity index (χ1) is 11.0. The van der Waals surface area contributed by atoms with Gasteiger partial charge in [-0.2, -0.15) is 0 Å². The molecule has 5 heteroatoms. The molecule has 0 aliphatic rings. The number of aryl methyl sites for hydroxylation is 1. The molecule has 0 saturated heterocycles. The fourth-order valence-corrected chi connectivity index (χ4v) is 2.09. The molecule has 0 bridgehead atoms. The van der Waals surface area contributed by atoms with Gasteiger partial charge in [0.2, 0.25) is 5.91 Å². The molecule has 0 aromatic heterocycles. The van der Waals surface area contributed by atoms with Crippen LogP contribution in [-0.4, -0.2) is 25.2 Å². The van der Waals surface area contributed by atoms with Crippen LogP contribution in [0.5, 0.6) is 17.2 Å². The summed E-state index contributed by atoms with van der Waals surface area (Å²) >= 11 is 0. The summed E-state index contributed by atoms with van der Waals surface area (Å²) in [5.41, 5.74) is 2.27. The number of ether oxygens (including phenoxy) is 2. The van der Waals surface area contributed by atoms with E-state index in [4.69, 9.17) is 9.47 Å². The average molecular weight is 313 g/mol. The molecule has 2 rings (SSSR count). The first-order valence-electron chi connectivity index (χ1n) is 7.04. The number of aromatic hydroxyl groups is 1. The SMILES string of the molecule is COc1ccc(/C=C/C(=O)Nc2ccc(O)cc2C)cc1OC. The zero-order valence-corrected chi connectivity index (χ0v) is 13.3. The minimum atomic E-state index is -0.256. The molecular formula is C18H19NO4. The van der Waals surface area contributed by atoms with Gasteiger partial charge >= 0.3 is 0 Å². The van der Waals surface area contributed by atoms with Crippen molar-refractivity contribution in [3.05, 3.63) is 53.6 Å². The van der Waals surface area contributed by atoms with Crippen LogP contribution in [0.3, 0.4) is 0 Å². The summed E-state index contributed by atoms with van der Waals surface area (Å²) in [6, 6.07) is 10.2. The molecule has 0 aliphatic carbocycles. The molecule has 2 aromatic carbocycles. The Bertz CT molecular complexity index is 738. The van der Waals surface area contributed by atoms with Crippen LogP contribution in [0.2, 0.25) is 0 Å². The molecule has 2 aromatic rings. The minimum Gasteiger partial charge on any atom is -0.508 e. The van der Waals surface area contributed by atoms with Crippen LogP contribution < -0.4 is 14.8 Å². The van der Waals surface area contributed by atoms with Gasteiger partial charge in [0.1, 0.15) is 5.75 Å². The molecule has 0 radical (unpaired) electrons. The van der Waals surface area contributed by atoms with Crippen LogP contribution in [-0.2, 0) is 4.79 Å². The predicted molar refractivity (Wildman–Crippen MR) is 90.1 cm³/mol. The summed E-state index contributed by atoms with van der Waals surface area (Å²) in [4.78, 5) is 12.0. The Kier molecular flexibility index (Phi) is 5.25. The molecule has 2 N–H and O–H groups in total. The van der Waals surface area contributed by atoms with Gasteiger partial charge < -0.3 is 19.9 Å². The van der Waals surface area contributed by atoms with Gasteiger partial charge in [-0.1, -0.05) is 6.07 Å². The number of phenolic OH excluding ortho intramolecular Hbond substituents is 1. The largest absolute Gasteiger partial charge is 0.508 e. The molecule has 0 heterocycles. The molecule has 0 saturated carbocycles. The van der Waals surface area contributed by atoms with E-state index in [2.05, 4.69) is 5.32 Å². The summed E-state index contributed by atoms with van der Waals surface area (Å²) in [6.45, 7) is 1.81. The fraction of sp³-hybridized carbons (Fsp3) is 0.167. The molecule has 1 amide bonds. The highest BCUT2D eigenvalue weighted by Crippen LogP contribution is 2.28.